The molecule has 0 radical (unpaired) electrons. The molecule has 0 aliphatic heterocycles. The number of fused-ring (bicyclic) bond motifs is 1. The molecule has 1 aromatic heterocycles. The fourth-order valence-corrected chi connectivity index (χ4v) is 2.49. The SMILES string of the molecule is CCCOc1ccc(F)c(CNC(=O)c2ccc3ncccc3c2)c1. The number of nitrogens with one attached hydrogen (secondary N) is 1. The lowest BCUT2D eigenvalue weighted by molar-refractivity contribution is 0.0950. The number of rotatable bonds is 6. The molecule has 0 saturated heterocycles. The molecule has 0 unspecified atom stereocenters. The molecular formula is C20H19FN2O2. The Morgan fingerprint density at radius 2 is 2.08 bits per heavy atom. The zero-order valence-electron chi connectivity index (χ0n) is 14.0. The van der Waals surface area contributed by atoms with E-state index in [0.29, 0.717) is 23.5 Å². The summed E-state index contributed by atoms with van der Waals surface area (Å²) in [5, 5.41) is 3.63. The summed E-state index contributed by atoms with van der Waals surface area (Å²) in [4.78, 5) is 16.6. The van der Waals surface area contributed by atoms with Crippen molar-refractivity contribution in [3.8, 4) is 5.75 Å². The van der Waals surface area contributed by atoms with Crippen LogP contribution in [0.5, 0.6) is 5.75 Å². The van der Waals surface area contributed by atoms with Gasteiger partial charge in [0, 0.05) is 29.3 Å². The molecule has 0 saturated carbocycles. The molecule has 4 nitrogen and oxygen atoms in total. The molecule has 1 heterocycles. The van der Waals surface area contributed by atoms with Crippen molar-refractivity contribution in [2.75, 3.05) is 6.61 Å². The van der Waals surface area contributed by atoms with Gasteiger partial charge in [-0.15, -0.1) is 0 Å². The highest BCUT2D eigenvalue weighted by Gasteiger charge is 2.09. The van der Waals surface area contributed by atoms with Gasteiger partial charge in [-0.1, -0.05) is 13.0 Å². The van der Waals surface area contributed by atoms with E-state index in [9.17, 15) is 9.18 Å². The zero-order valence-corrected chi connectivity index (χ0v) is 14.0. The standard InChI is InChI=1S/C20H19FN2O2/c1-2-10-25-17-6-7-18(21)16(12-17)13-23-20(24)15-5-8-19-14(11-15)4-3-9-22-19/h3-9,11-12H,2,10,13H2,1H3,(H,23,24). The van der Waals surface area contributed by atoms with Gasteiger partial charge in [-0.25, -0.2) is 4.39 Å². The minimum atomic E-state index is -0.369. The third kappa shape index (κ3) is 4.12. The molecule has 25 heavy (non-hydrogen) atoms. The van der Waals surface area contributed by atoms with Crippen LogP contribution in [0.2, 0.25) is 0 Å². The molecule has 128 valence electrons. The van der Waals surface area contributed by atoms with Crippen LogP contribution in [0.15, 0.2) is 54.7 Å². The summed E-state index contributed by atoms with van der Waals surface area (Å²) >= 11 is 0. The second-order valence-electron chi connectivity index (χ2n) is 5.70. The van der Waals surface area contributed by atoms with Crippen molar-refractivity contribution in [3.05, 3.63) is 71.7 Å². The second-order valence-corrected chi connectivity index (χ2v) is 5.70. The number of hydrogen-bond donors (Lipinski definition) is 1. The normalized spacial score (nSPS) is 10.6. The molecule has 0 atom stereocenters. The van der Waals surface area contributed by atoms with Crippen LogP contribution in [0.25, 0.3) is 10.9 Å². The van der Waals surface area contributed by atoms with Gasteiger partial charge in [0.25, 0.3) is 5.91 Å². The lowest BCUT2D eigenvalue weighted by Crippen LogP contribution is -2.23. The molecule has 1 N–H and O–H groups in total. The zero-order chi connectivity index (χ0) is 17.6. The number of aromatic nitrogens is 1. The first-order valence-corrected chi connectivity index (χ1v) is 8.21. The van der Waals surface area contributed by atoms with Crippen molar-refractivity contribution < 1.29 is 13.9 Å². The Hall–Kier alpha value is -2.95. The maximum Gasteiger partial charge on any atom is 0.251 e. The molecule has 3 rings (SSSR count). The van der Waals surface area contributed by atoms with Gasteiger partial charge in [0.2, 0.25) is 0 Å². The molecule has 0 spiro atoms. The molecule has 2 aromatic carbocycles. The van der Waals surface area contributed by atoms with Crippen LogP contribution >= 0.6 is 0 Å². The summed E-state index contributed by atoms with van der Waals surface area (Å²) in [6, 6.07) is 13.6. The van der Waals surface area contributed by atoms with E-state index in [4.69, 9.17) is 4.74 Å². The van der Waals surface area contributed by atoms with Crippen LogP contribution in [0.4, 0.5) is 4.39 Å². The summed E-state index contributed by atoms with van der Waals surface area (Å²) < 4.78 is 19.4. The van der Waals surface area contributed by atoms with Crippen LogP contribution in [0, 0.1) is 5.82 Å². The minimum absolute atomic E-state index is 0.0963. The van der Waals surface area contributed by atoms with E-state index in [1.807, 2.05) is 19.1 Å². The molecule has 0 fully saturated rings. The summed E-state index contributed by atoms with van der Waals surface area (Å²) in [6.45, 7) is 2.67. The summed E-state index contributed by atoms with van der Waals surface area (Å²) in [7, 11) is 0. The fraction of sp³-hybridized carbons (Fsp3) is 0.200. The lowest BCUT2D eigenvalue weighted by atomic mass is 10.1. The first-order valence-electron chi connectivity index (χ1n) is 8.21. The van der Waals surface area contributed by atoms with Crippen LogP contribution in [-0.4, -0.2) is 17.5 Å². The topological polar surface area (TPSA) is 51.2 Å². The van der Waals surface area contributed by atoms with Gasteiger partial charge < -0.3 is 10.1 Å². The molecule has 5 heteroatoms. The predicted molar refractivity (Wildman–Crippen MR) is 95.1 cm³/mol. The Bertz CT molecular complexity index is 896. The van der Waals surface area contributed by atoms with E-state index < -0.39 is 0 Å². The van der Waals surface area contributed by atoms with Crippen molar-refractivity contribution in [2.45, 2.75) is 19.9 Å². The maximum atomic E-state index is 13.9. The lowest BCUT2D eigenvalue weighted by Gasteiger charge is -2.10. The van der Waals surface area contributed by atoms with Crippen LogP contribution in [0.1, 0.15) is 29.3 Å². The van der Waals surface area contributed by atoms with Gasteiger partial charge in [-0.3, -0.25) is 9.78 Å². The van der Waals surface area contributed by atoms with Gasteiger partial charge in [0.15, 0.2) is 0 Å². The number of halogens is 1. The minimum Gasteiger partial charge on any atom is -0.494 e. The number of pyridine rings is 1. The Morgan fingerprint density at radius 1 is 1.20 bits per heavy atom. The summed E-state index contributed by atoms with van der Waals surface area (Å²) in [5.41, 5.74) is 1.73. The van der Waals surface area contributed by atoms with Gasteiger partial charge in [0.05, 0.1) is 12.1 Å². The maximum absolute atomic E-state index is 13.9. The van der Waals surface area contributed by atoms with E-state index in [2.05, 4.69) is 10.3 Å². The van der Waals surface area contributed by atoms with Crippen LogP contribution < -0.4 is 10.1 Å². The third-order valence-electron chi connectivity index (χ3n) is 3.79. The Labute approximate surface area is 145 Å². The monoisotopic (exact) mass is 338 g/mol. The molecule has 1 amide bonds. The van der Waals surface area contributed by atoms with Crippen molar-refractivity contribution in [2.24, 2.45) is 0 Å². The summed E-state index contributed by atoms with van der Waals surface area (Å²) in [6.07, 6.45) is 2.58. The van der Waals surface area contributed by atoms with Crippen molar-refractivity contribution in [1.29, 1.82) is 0 Å². The highest BCUT2D eigenvalue weighted by Crippen LogP contribution is 2.18. The molecule has 0 aliphatic carbocycles. The number of benzene rings is 2. The number of amides is 1. The van der Waals surface area contributed by atoms with E-state index in [1.165, 1.54) is 6.07 Å². The number of carbonyl (C=O) groups excluding carboxylic acids is 1. The first kappa shape index (κ1) is 16.9. The average Bonchev–Trinajstić information content (AvgIpc) is 2.65. The number of nitrogens with zero attached hydrogens (tertiary/aromatic N) is 1. The Balaban J connectivity index is 1.70. The quantitative estimate of drug-likeness (QED) is 0.736. The van der Waals surface area contributed by atoms with Gasteiger partial charge in [-0.05, 0) is 48.9 Å². The highest BCUT2D eigenvalue weighted by molar-refractivity contribution is 5.97. The Morgan fingerprint density at radius 3 is 2.92 bits per heavy atom. The van der Waals surface area contributed by atoms with Gasteiger partial charge in [-0.2, -0.15) is 0 Å². The van der Waals surface area contributed by atoms with Crippen molar-refractivity contribution in [3.63, 3.8) is 0 Å². The molecular weight excluding hydrogens is 319 g/mol. The number of ether oxygens (including phenoxy) is 1. The van der Waals surface area contributed by atoms with Gasteiger partial charge >= 0.3 is 0 Å². The molecule has 0 aliphatic rings. The predicted octanol–water partition coefficient (Wildman–Crippen LogP) is 4.09. The molecule has 0 bridgehead atoms. The first-order chi connectivity index (χ1) is 12.2. The van der Waals surface area contributed by atoms with Crippen LogP contribution in [0.3, 0.4) is 0 Å². The van der Waals surface area contributed by atoms with E-state index in [1.54, 1.807) is 36.5 Å². The van der Waals surface area contributed by atoms with Crippen LogP contribution in [-0.2, 0) is 6.54 Å². The van der Waals surface area contributed by atoms with Gasteiger partial charge in [0.1, 0.15) is 11.6 Å². The number of carbonyl (C=O) groups is 1. The smallest absolute Gasteiger partial charge is 0.251 e. The average molecular weight is 338 g/mol. The number of hydrogen-bond acceptors (Lipinski definition) is 3. The van der Waals surface area contributed by atoms with E-state index in [0.717, 1.165) is 17.3 Å². The molecule has 3 aromatic rings. The van der Waals surface area contributed by atoms with Crippen molar-refractivity contribution >= 4 is 16.8 Å². The highest BCUT2D eigenvalue weighted by atomic mass is 19.1. The third-order valence-corrected chi connectivity index (χ3v) is 3.79. The largest absolute Gasteiger partial charge is 0.494 e. The van der Waals surface area contributed by atoms with Crippen molar-refractivity contribution in [1.82, 2.24) is 10.3 Å². The van der Waals surface area contributed by atoms with E-state index >= 15 is 0 Å². The summed E-state index contributed by atoms with van der Waals surface area (Å²) in [5.74, 6) is -0.0267. The fourth-order valence-electron chi connectivity index (χ4n) is 2.49. The van der Waals surface area contributed by atoms with E-state index in [-0.39, 0.29) is 18.3 Å². The second kappa shape index (κ2) is 7.75. The Kier molecular flexibility index (Phi) is 5.23.